The molecular formula is C25H18N2O. The van der Waals surface area contributed by atoms with Gasteiger partial charge >= 0.3 is 0 Å². The molecule has 0 unspecified atom stereocenters. The summed E-state index contributed by atoms with van der Waals surface area (Å²) in [6.45, 7) is 0.704. The number of hydrogen-bond acceptors (Lipinski definition) is 1. The Balaban J connectivity index is 1.62. The zero-order chi connectivity index (χ0) is 18.9. The number of carbonyl (C=O) groups is 1. The molecule has 3 heteroatoms. The fraction of sp³-hybridized carbons (Fsp3) is 0.0400. The molecule has 5 rings (SSSR count). The van der Waals surface area contributed by atoms with Crippen LogP contribution in [0.4, 0.5) is 5.69 Å². The molecule has 1 heterocycles. The Bertz CT molecular complexity index is 1210. The predicted octanol–water partition coefficient (Wildman–Crippen LogP) is 5.45. The molecule has 134 valence electrons. The number of amides is 1. The van der Waals surface area contributed by atoms with Gasteiger partial charge in [-0.2, -0.15) is 4.99 Å². The van der Waals surface area contributed by atoms with E-state index in [9.17, 15) is 4.79 Å². The van der Waals surface area contributed by atoms with Crippen LogP contribution in [0, 0.1) is 0 Å². The van der Waals surface area contributed by atoms with E-state index in [4.69, 9.17) is 0 Å². The van der Waals surface area contributed by atoms with Crippen LogP contribution in [0.25, 0.3) is 10.8 Å². The SMILES string of the molecule is O=C(N=C1c2ccccc2CN1c1ccc2ccccc2c1)c1ccccc1. The second-order valence-electron chi connectivity index (χ2n) is 6.88. The maximum atomic E-state index is 12.8. The molecule has 3 nitrogen and oxygen atoms in total. The number of nitrogens with zero attached hydrogens (tertiary/aromatic N) is 2. The topological polar surface area (TPSA) is 32.7 Å². The maximum absolute atomic E-state index is 12.8. The van der Waals surface area contributed by atoms with E-state index < -0.39 is 0 Å². The Labute approximate surface area is 163 Å². The van der Waals surface area contributed by atoms with Crippen LogP contribution in [0.15, 0.2) is 102 Å². The molecular weight excluding hydrogens is 344 g/mol. The minimum absolute atomic E-state index is 0.224. The van der Waals surface area contributed by atoms with Crippen LogP contribution in [-0.4, -0.2) is 11.7 Å². The number of benzene rings is 4. The number of rotatable bonds is 2. The third kappa shape index (κ3) is 2.87. The molecule has 0 saturated heterocycles. The monoisotopic (exact) mass is 362 g/mol. The highest BCUT2D eigenvalue weighted by Gasteiger charge is 2.27. The first-order chi connectivity index (χ1) is 13.8. The fourth-order valence-corrected chi connectivity index (χ4v) is 3.69. The second-order valence-corrected chi connectivity index (χ2v) is 6.88. The average molecular weight is 362 g/mol. The van der Waals surface area contributed by atoms with Crippen molar-refractivity contribution in [3.8, 4) is 0 Å². The van der Waals surface area contributed by atoms with Crippen LogP contribution in [-0.2, 0) is 6.54 Å². The van der Waals surface area contributed by atoms with Gasteiger partial charge in [0, 0.05) is 16.8 Å². The molecule has 0 atom stereocenters. The van der Waals surface area contributed by atoms with Crippen LogP contribution >= 0.6 is 0 Å². The highest BCUT2D eigenvalue weighted by molar-refractivity contribution is 6.19. The van der Waals surface area contributed by atoms with Crippen LogP contribution in [0.5, 0.6) is 0 Å². The lowest BCUT2D eigenvalue weighted by Gasteiger charge is -2.20. The van der Waals surface area contributed by atoms with E-state index in [0.29, 0.717) is 17.9 Å². The zero-order valence-electron chi connectivity index (χ0n) is 15.2. The van der Waals surface area contributed by atoms with Gasteiger partial charge in [-0.1, -0.05) is 72.8 Å². The highest BCUT2D eigenvalue weighted by Crippen LogP contribution is 2.31. The number of carbonyl (C=O) groups excluding carboxylic acids is 1. The smallest absolute Gasteiger partial charge is 0.278 e. The van der Waals surface area contributed by atoms with Gasteiger partial charge in [-0.3, -0.25) is 4.79 Å². The van der Waals surface area contributed by atoms with E-state index in [1.807, 2.05) is 48.5 Å². The van der Waals surface area contributed by atoms with Gasteiger partial charge in [0.05, 0.1) is 6.54 Å². The van der Waals surface area contributed by atoms with Crippen LogP contribution in [0.2, 0.25) is 0 Å². The van der Waals surface area contributed by atoms with Crippen molar-refractivity contribution in [2.24, 2.45) is 4.99 Å². The Hall–Kier alpha value is -3.72. The van der Waals surface area contributed by atoms with Crippen molar-refractivity contribution in [3.63, 3.8) is 0 Å². The third-order valence-electron chi connectivity index (χ3n) is 5.12. The number of aliphatic imine (C=N–C) groups is 1. The van der Waals surface area contributed by atoms with Crippen molar-refractivity contribution in [1.82, 2.24) is 0 Å². The van der Waals surface area contributed by atoms with E-state index in [1.54, 1.807) is 12.1 Å². The number of anilines is 1. The summed E-state index contributed by atoms with van der Waals surface area (Å²) < 4.78 is 0. The van der Waals surface area contributed by atoms with Gasteiger partial charge in [-0.25, -0.2) is 0 Å². The standard InChI is InChI=1S/C25H18N2O/c28-25(19-9-2-1-3-10-19)26-24-23-13-7-6-12-21(23)17-27(24)22-15-14-18-8-4-5-11-20(18)16-22/h1-16H,17H2. The third-order valence-corrected chi connectivity index (χ3v) is 5.12. The normalized spacial score (nSPS) is 14.4. The second kappa shape index (κ2) is 6.78. The minimum Gasteiger partial charge on any atom is -0.321 e. The predicted molar refractivity (Wildman–Crippen MR) is 114 cm³/mol. The molecule has 0 saturated carbocycles. The summed E-state index contributed by atoms with van der Waals surface area (Å²) in [6, 6.07) is 32.0. The molecule has 0 aromatic heterocycles. The molecule has 1 aliphatic rings. The molecule has 1 amide bonds. The molecule has 28 heavy (non-hydrogen) atoms. The summed E-state index contributed by atoms with van der Waals surface area (Å²) in [5, 5.41) is 2.37. The van der Waals surface area contributed by atoms with Crippen molar-refractivity contribution < 1.29 is 4.79 Å². The van der Waals surface area contributed by atoms with Crippen molar-refractivity contribution in [2.45, 2.75) is 6.54 Å². The van der Waals surface area contributed by atoms with Crippen LogP contribution in [0.1, 0.15) is 21.5 Å². The van der Waals surface area contributed by atoms with E-state index in [1.165, 1.54) is 16.3 Å². The summed E-state index contributed by atoms with van der Waals surface area (Å²) in [6.07, 6.45) is 0. The first-order valence-corrected chi connectivity index (χ1v) is 9.32. The highest BCUT2D eigenvalue weighted by atomic mass is 16.1. The molecule has 0 N–H and O–H groups in total. The Morgan fingerprint density at radius 3 is 2.32 bits per heavy atom. The summed E-state index contributed by atoms with van der Waals surface area (Å²) in [4.78, 5) is 19.4. The van der Waals surface area contributed by atoms with E-state index in [-0.39, 0.29) is 5.91 Å². The zero-order valence-corrected chi connectivity index (χ0v) is 15.2. The van der Waals surface area contributed by atoms with Crippen molar-refractivity contribution in [3.05, 3.63) is 114 Å². The summed E-state index contributed by atoms with van der Waals surface area (Å²) in [5.74, 6) is 0.484. The van der Waals surface area contributed by atoms with Gasteiger partial charge in [-0.05, 0) is 40.6 Å². The van der Waals surface area contributed by atoms with E-state index in [2.05, 4.69) is 46.3 Å². The maximum Gasteiger partial charge on any atom is 0.278 e. The molecule has 0 bridgehead atoms. The number of hydrogen-bond donors (Lipinski definition) is 0. The van der Waals surface area contributed by atoms with Crippen molar-refractivity contribution in [2.75, 3.05) is 4.90 Å². The molecule has 4 aromatic carbocycles. The molecule has 1 aliphatic heterocycles. The summed E-state index contributed by atoms with van der Waals surface area (Å²) in [7, 11) is 0. The van der Waals surface area contributed by atoms with Crippen LogP contribution < -0.4 is 4.90 Å². The lowest BCUT2D eigenvalue weighted by atomic mass is 10.1. The minimum atomic E-state index is -0.224. The van der Waals surface area contributed by atoms with Gasteiger partial charge in [-0.15, -0.1) is 0 Å². The van der Waals surface area contributed by atoms with Gasteiger partial charge in [0.1, 0.15) is 5.84 Å². The lowest BCUT2D eigenvalue weighted by molar-refractivity contribution is 0.100. The van der Waals surface area contributed by atoms with Gasteiger partial charge in [0.2, 0.25) is 0 Å². The molecule has 0 radical (unpaired) electrons. The Morgan fingerprint density at radius 1 is 0.750 bits per heavy atom. The molecule has 0 fully saturated rings. The fourth-order valence-electron chi connectivity index (χ4n) is 3.69. The van der Waals surface area contributed by atoms with Crippen LogP contribution in [0.3, 0.4) is 0 Å². The molecule has 4 aromatic rings. The Kier molecular flexibility index (Phi) is 3.99. The lowest BCUT2D eigenvalue weighted by Crippen LogP contribution is -2.25. The van der Waals surface area contributed by atoms with Crippen molar-refractivity contribution in [1.29, 1.82) is 0 Å². The first kappa shape index (κ1) is 16.5. The largest absolute Gasteiger partial charge is 0.321 e. The summed E-state index contributed by atoms with van der Waals surface area (Å²) in [5.41, 5.74) is 3.82. The van der Waals surface area contributed by atoms with E-state index in [0.717, 1.165) is 11.3 Å². The first-order valence-electron chi connectivity index (χ1n) is 9.32. The van der Waals surface area contributed by atoms with Gasteiger partial charge in [0.25, 0.3) is 5.91 Å². The quantitative estimate of drug-likeness (QED) is 0.475. The number of amidine groups is 1. The molecule has 0 spiro atoms. The van der Waals surface area contributed by atoms with E-state index >= 15 is 0 Å². The average Bonchev–Trinajstić information content (AvgIpc) is 3.12. The summed E-state index contributed by atoms with van der Waals surface area (Å²) >= 11 is 0. The number of fused-ring (bicyclic) bond motifs is 2. The Morgan fingerprint density at radius 2 is 1.46 bits per heavy atom. The van der Waals surface area contributed by atoms with Gasteiger partial charge < -0.3 is 4.90 Å². The molecule has 0 aliphatic carbocycles. The van der Waals surface area contributed by atoms with Gasteiger partial charge in [0.15, 0.2) is 0 Å². The van der Waals surface area contributed by atoms with Crippen molar-refractivity contribution >= 4 is 28.2 Å².